The number of rotatable bonds is 5. The van der Waals surface area contributed by atoms with Crippen molar-refractivity contribution >= 4 is 5.82 Å². The molecule has 0 spiro atoms. The van der Waals surface area contributed by atoms with Crippen LogP contribution in [0.1, 0.15) is 25.5 Å². The summed E-state index contributed by atoms with van der Waals surface area (Å²) in [5.74, 6) is 0.906. The van der Waals surface area contributed by atoms with Gasteiger partial charge in [0.1, 0.15) is 0 Å². The lowest BCUT2D eigenvalue weighted by Crippen LogP contribution is -2.22. The zero-order chi connectivity index (χ0) is 10.4. The molecule has 4 nitrogen and oxygen atoms in total. The Balaban J connectivity index is 2.72. The molecule has 4 heteroatoms. The second-order valence-corrected chi connectivity index (χ2v) is 3.31. The van der Waals surface area contributed by atoms with Crippen molar-refractivity contribution in [2.24, 2.45) is 5.73 Å². The number of nitrogens with zero attached hydrogens (tertiary/aromatic N) is 3. The standard InChI is InChI=1S/C10H18N4/c1-3-4-7-14(2)10-9(8-11)12-5-6-13-10/h5-6H,3-4,7-8,11H2,1-2H3. The lowest BCUT2D eigenvalue weighted by Gasteiger charge is -2.19. The lowest BCUT2D eigenvalue weighted by molar-refractivity contribution is 0.750. The summed E-state index contributed by atoms with van der Waals surface area (Å²) in [4.78, 5) is 10.6. The summed E-state index contributed by atoms with van der Waals surface area (Å²) in [5, 5.41) is 0. The fraction of sp³-hybridized carbons (Fsp3) is 0.600. The average Bonchev–Trinajstić information content (AvgIpc) is 2.25. The Labute approximate surface area is 85.2 Å². The van der Waals surface area contributed by atoms with Gasteiger partial charge in [0.25, 0.3) is 0 Å². The van der Waals surface area contributed by atoms with Gasteiger partial charge in [-0.05, 0) is 6.42 Å². The molecule has 0 aliphatic rings. The van der Waals surface area contributed by atoms with Gasteiger partial charge in [-0.25, -0.2) is 4.98 Å². The highest BCUT2D eigenvalue weighted by atomic mass is 15.2. The number of hydrogen-bond acceptors (Lipinski definition) is 4. The number of aromatic nitrogens is 2. The van der Waals surface area contributed by atoms with Crippen LogP contribution in [0, 0.1) is 0 Å². The molecule has 0 saturated carbocycles. The van der Waals surface area contributed by atoms with E-state index in [0.717, 1.165) is 24.5 Å². The van der Waals surface area contributed by atoms with Crippen LogP contribution >= 0.6 is 0 Å². The van der Waals surface area contributed by atoms with Crippen molar-refractivity contribution in [3.8, 4) is 0 Å². The van der Waals surface area contributed by atoms with E-state index >= 15 is 0 Å². The van der Waals surface area contributed by atoms with E-state index in [0.29, 0.717) is 6.54 Å². The molecule has 0 unspecified atom stereocenters. The molecular formula is C10H18N4. The van der Waals surface area contributed by atoms with Crippen LogP contribution in [0.4, 0.5) is 5.82 Å². The van der Waals surface area contributed by atoms with Crippen LogP contribution in [0.15, 0.2) is 12.4 Å². The molecule has 0 amide bonds. The fourth-order valence-electron chi connectivity index (χ4n) is 1.32. The number of nitrogens with two attached hydrogens (primary N) is 1. The smallest absolute Gasteiger partial charge is 0.151 e. The van der Waals surface area contributed by atoms with Gasteiger partial charge < -0.3 is 10.6 Å². The number of hydrogen-bond donors (Lipinski definition) is 1. The summed E-state index contributed by atoms with van der Waals surface area (Å²) in [6.45, 7) is 3.62. The predicted octanol–water partition coefficient (Wildman–Crippen LogP) is 1.17. The van der Waals surface area contributed by atoms with Crippen molar-refractivity contribution in [3.05, 3.63) is 18.1 Å². The Morgan fingerprint density at radius 3 is 2.71 bits per heavy atom. The normalized spacial score (nSPS) is 10.2. The van der Waals surface area contributed by atoms with Crippen LogP contribution in [0.2, 0.25) is 0 Å². The third-order valence-electron chi connectivity index (χ3n) is 2.15. The second kappa shape index (κ2) is 5.54. The molecule has 0 aromatic carbocycles. The third kappa shape index (κ3) is 2.67. The van der Waals surface area contributed by atoms with E-state index in [9.17, 15) is 0 Å². The van der Waals surface area contributed by atoms with E-state index in [1.807, 2.05) is 7.05 Å². The molecule has 0 fully saturated rings. The zero-order valence-electron chi connectivity index (χ0n) is 8.90. The minimum Gasteiger partial charge on any atom is -0.358 e. The van der Waals surface area contributed by atoms with Gasteiger partial charge in [-0.3, -0.25) is 4.98 Å². The van der Waals surface area contributed by atoms with Gasteiger partial charge in [-0.15, -0.1) is 0 Å². The first-order chi connectivity index (χ1) is 6.79. The summed E-state index contributed by atoms with van der Waals surface area (Å²) in [7, 11) is 2.03. The summed E-state index contributed by atoms with van der Waals surface area (Å²) in [6.07, 6.45) is 5.73. The molecule has 0 aliphatic carbocycles. The number of unbranched alkanes of at least 4 members (excludes halogenated alkanes) is 1. The van der Waals surface area contributed by atoms with E-state index < -0.39 is 0 Å². The SMILES string of the molecule is CCCCN(C)c1nccnc1CN. The van der Waals surface area contributed by atoms with E-state index in [-0.39, 0.29) is 0 Å². The first kappa shape index (κ1) is 10.9. The van der Waals surface area contributed by atoms with Crippen molar-refractivity contribution < 1.29 is 0 Å². The molecule has 1 rings (SSSR count). The first-order valence-corrected chi connectivity index (χ1v) is 5.00. The molecule has 14 heavy (non-hydrogen) atoms. The van der Waals surface area contributed by atoms with Gasteiger partial charge in [0, 0.05) is 32.5 Å². The van der Waals surface area contributed by atoms with E-state index in [4.69, 9.17) is 5.73 Å². The molecular weight excluding hydrogens is 176 g/mol. The first-order valence-electron chi connectivity index (χ1n) is 5.00. The van der Waals surface area contributed by atoms with Gasteiger partial charge in [0.2, 0.25) is 0 Å². The number of anilines is 1. The van der Waals surface area contributed by atoms with Crippen molar-refractivity contribution in [2.75, 3.05) is 18.5 Å². The van der Waals surface area contributed by atoms with Crippen LogP contribution in [-0.4, -0.2) is 23.6 Å². The molecule has 2 N–H and O–H groups in total. The molecule has 1 aromatic heterocycles. The van der Waals surface area contributed by atoms with E-state index in [1.54, 1.807) is 12.4 Å². The van der Waals surface area contributed by atoms with Gasteiger partial charge in [-0.2, -0.15) is 0 Å². The molecule has 0 radical (unpaired) electrons. The Bertz CT molecular complexity index is 275. The van der Waals surface area contributed by atoms with Crippen molar-refractivity contribution in [2.45, 2.75) is 26.3 Å². The van der Waals surface area contributed by atoms with Gasteiger partial charge in [-0.1, -0.05) is 13.3 Å². The van der Waals surface area contributed by atoms with Crippen LogP contribution < -0.4 is 10.6 Å². The largest absolute Gasteiger partial charge is 0.358 e. The summed E-state index contributed by atoms with van der Waals surface area (Å²) in [6, 6.07) is 0. The van der Waals surface area contributed by atoms with Crippen LogP contribution in [0.5, 0.6) is 0 Å². The highest BCUT2D eigenvalue weighted by molar-refractivity contribution is 5.41. The maximum absolute atomic E-state index is 5.59. The third-order valence-corrected chi connectivity index (χ3v) is 2.15. The maximum Gasteiger partial charge on any atom is 0.151 e. The topological polar surface area (TPSA) is 55.0 Å². The highest BCUT2D eigenvalue weighted by Crippen LogP contribution is 2.12. The van der Waals surface area contributed by atoms with E-state index in [1.165, 1.54) is 6.42 Å². The molecule has 1 aromatic rings. The van der Waals surface area contributed by atoms with Gasteiger partial charge in [0.05, 0.1) is 5.69 Å². The van der Waals surface area contributed by atoms with Crippen molar-refractivity contribution in [3.63, 3.8) is 0 Å². The Morgan fingerprint density at radius 1 is 1.36 bits per heavy atom. The molecule has 78 valence electrons. The van der Waals surface area contributed by atoms with E-state index in [2.05, 4.69) is 21.8 Å². The second-order valence-electron chi connectivity index (χ2n) is 3.31. The molecule has 1 heterocycles. The fourth-order valence-corrected chi connectivity index (χ4v) is 1.32. The van der Waals surface area contributed by atoms with Crippen molar-refractivity contribution in [1.82, 2.24) is 9.97 Å². The summed E-state index contributed by atoms with van der Waals surface area (Å²) >= 11 is 0. The molecule has 0 aliphatic heterocycles. The monoisotopic (exact) mass is 194 g/mol. The Kier molecular flexibility index (Phi) is 4.32. The molecule has 0 atom stereocenters. The molecule has 0 bridgehead atoms. The van der Waals surface area contributed by atoms with Gasteiger partial charge >= 0.3 is 0 Å². The summed E-state index contributed by atoms with van der Waals surface area (Å²) in [5.41, 5.74) is 6.45. The van der Waals surface area contributed by atoms with Gasteiger partial charge in [0.15, 0.2) is 5.82 Å². The minimum atomic E-state index is 0.444. The van der Waals surface area contributed by atoms with Crippen molar-refractivity contribution in [1.29, 1.82) is 0 Å². The van der Waals surface area contributed by atoms with Crippen LogP contribution in [0.25, 0.3) is 0 Å². The Morgan fingerprint density at radius 2 is 2.07 bits per heavy atom. The molecule has 0 saturated heterocycles. The van der Waals surface area contributed by atoms with Crippen LogP contribution in [0.3, 0.4) is 0 Å². The zero-order valence-corrected chi connectivity index (χ0v) is 8.90. The lowest BCUT2D eigenvalue weighted by atomic mass is 10.3. The predicted molar refractivity (Wildman–Crippen MR) is 58.1 cm³/mol. The average molecular weight is 194 g/mol. The Hall–Kier alpha value is -1.16. The maximum atomic E-state index is 5.59. The summed E-state index contributed by atoms with van der Waals surface area (Å²) < 4.78 is 0. The highest BCUT2D eigenvalue weighted by Gasteiger charge is 2.07. The minimum absolute atomic E-state index is 0.444. The quantitative estimate of drug-likeness (QED) is 0.764. The van der Waals surface area contributed by atoms with Crippen LogP contribution in [-0.2, 0) is 6.54 Å².